The highest BCUT2D eigenvalue weighted by atomic mass is 32.1. The Morgan fingerprint density at radius 2 is 2.14 bits per heavy atom. The molecule has 0 atom stereocenters. The van der Waals surface area contributed by atoms with Crippen molar-refractivity contribution in [3.8, 4) is 0 Å². The number of aliphatic imine (C=N–C) groups is 1. The molecule has 1 N–H and O–H groups in total. The van der Waals surface area contributed by atoms with Gasteiger partial charge in [-0.05, 0) is 39.8 Å². The van der Waals surface area contributed by atoms with E-state index in [0.29, 0.717) is 11.4 Å². The van der Waals surface area contributed by atoms with Gasteiger partial charge in [-0.3, -0.25) is 4.79 Å². The van der Waals surface area contributed by atoms with E-state index in [9.17, 15) is 4.79 Å². The lowest BCUT2D eigenvalue weighted by atomic mass is 10.3. The highest BCUT2D eigenvalue weighted by Gasteiger charge is 2.10. The van der Waals surface area contributed by atoms with Gasteiger partial charge in [-0.1, -0.05) is 6.08 Å². The normalized spacial score (nSPS) is 12.4. The number of allylic oxidation sites excluding steroid dienone is 1. The molecule has 0 aliphatic heterocycles. The first-order chi connectivity index (χ1) is 10.5. The summed E-state index contributed by atoms with van der Waals surface area (Å²) < 4.78 is 0. The molecule has 6 heteroatoms. The molecule has 2 rings (SSSR count). The number of aldehydes is 1. The standard InChI is InChI=1S/C16H18N4OS/c1-5-14(16-10(2)18-12(4)22-16)19-11(3)20-15-7-6-13(9-21)8-17-15/h5-9H,1-4H3,(H,17,19,20)/b14-5-. The second-order valence-corrected chi connectivity index (χ2v) is 5.94. The molecule has 0 amide bonds. The van der Waals surface area contributed by atoms with Crippen LogP contribution in [0.25, 0.3) is 5.70 Å². The number of aromatic nitrogens is 2. The summed E-state index contributed by atoms with van der Waals surface area (Å²) in [5.74, 6) is 1.29. The van der Waals surface area contributed by atoms with Crippen molar-refractivity contribution in [2.45, 2.75) is 27.7 Å². The van der Waals surface area contributed by atoms with Crippen molar-refractivity contribution in [2.75, 3.05) is 0 Å². The van der Waals surface area contributed by atoms with Gasteiger partial charge in [0, 0.05) is 11.8 Å². The van der Waals surface area contributed by atoms with Gasteiger partial charge in [0.05, 0.1) is 21.3 Å². The summed E-state index contributed by atoms with van der Waals surface area (Å²) in [6.45, 7) is 7.84. The molecule has 0 saturated carbocycles. The van der Waals surface area contributed by atoms with Crippen LogP contribution in [0.5, 0.6) is 0 Å². The van der Waals surface area contributed by atoms with Crippen molar-refractivity contribution < 1.29 is 4.79 Å². The first-order valence-electron chi connectivity index (χ1n) is 6.87. The average Bonchev–Trinajstić information content (AvgIpc) is 2.84. The molecule has 0 unspecified atom stereocenters. The van der Waals surface area contributed by atoms with Crippen molar-refractivity contribution in [1.82, 2.24) is 15.3 Å². The van der Waals surface area contributed by atoms with Crippen molar-refractivity contribution in [3.63, 3.8) is 0 Å². The van der Waals surface area contributed by atoms with Crippen molar-refractivity contribution in [2.24, 2.45) is 4.99 Å². The summed E-state index contributed by atoms with van der Waals surface area (Å²) in [6.07, 6.45) is 4.27. The van der Waals surface area contributed by atoms with E-state index in [1.54, 1.807) is 23.5 Å². The lowest BCUT2D eigenvalue weighted by Gasteiger charge is -2.09. The van der Waals surface area contributed by atoms with Crippen molar-refractivity contribution in [3.05, 3.63) is 45.5 Å². The molecule has 0 fully saturated rings. The Kier molecular flexibility index (Phi) is 5.16. The summed E-state index contributed by atoms with van der Waals surface area (Å²) in [4.78, 5) is 24.7. The SMILES string of the molecule is C/C=C(\NC(C)=Nc1ccc(C=O)cn1)c1sc(C)nc1C. The van der Waals surface area contributed by atoms with E-state index >= 15 is 0 Å². The Labute approximate surface area is 133 Å². The van der Waals surface area contributed by atoms with Gasteiger partial charge >= 0.3 is 0 Å². The molecular formula is C16H18N4OS. The van der Waals surface area contributed by atoms with Gasteiger partial charge in [0.25, 0.3) is 0 Å². The average molecular weight is 314 g/mol. The molecule has 0 aliphatic carbocycles. The van der Waals surface area contributed by atoms with Crippen molar-refractivity contribution >= 4 is 35.0 Å². The summed E-state index contributed by atoms with van der Waals surface area (Å²) in [5.41, 5.74) is 2.52. The zero-order valence-electron chi connectivity index (χ0n) is 13.0. The van der Waals surface area contributed by atoms with Crippen LogP contribution in [0.15, 0.2) is 29.4 Å². The van der Waals surface area contributed by atoms with Crippen LogP contribution in [0.4, 0.5) is 5.82 Å². The van der Waals surface area contributed by atoms with Crippen LogP contribution in [-0.2, 0) is 0 Å². The number of nitrogens with one attached hydrogen (secondary N) is 1. The number of hydrogen-bond donors (Lipinski definition) is 1. The number of amidine groups is 1. The molecule has 0 bridgehead atoms. The predicted octanol–water partition coefficient (Wildman–Crippen LogP) is 3.67. The van der Waals surface area contributed by atoms with Gasteiger partial charge in [-0.25, -0.2) is 15.0 Å². The van der Waals surface area contributed by atoms with E-state index in [-0.39, 0.29) is 0 Å². The van der Waals surface area contributed by atoms with E-state index in [4.69, 9.17) is 0 Å². The van der Waals surface area contributed by atoms with E-state index in [2.05, 4.69) is 20.3 Å². The van der Waals surface area contributed by atoms with E-state index in [1.165, 1.54) is 6.20 Å². The topological polar surface area (TPSA) is 67.2 Å². The lowest BCUT2D eigenvalue weighted by molar-refractivity contribution is 0.112. The zero-order valence-corrected chi connectivity index (χ0v) is 13.9. The minimum Gasteiger partial charge on any atom is -0.343 e. The summed E-state index contributed by atoms with van der Waals surface area (Å²) >= 11 is 1.65. The molecule has 2 aromatic heterocycles. The molecule has 0 radical (unpaired) electrons. The van der Waals surface area contributed by atoms with Gasteiger partial charge in [-0.15, -0.1) is 11.3 Å². The Balaban J connectivity index is 2.18. The maximum Gasteiger partial charge on any atom is 0.153 e. The van der Waals surface area contributed by atoms with Crippen LogP contribution in [0, 0.1) is 13.8 Å². The summed E-state index contributed by atoms with van der Waals surface area (Å²) in [5, 5.41) is 4.32. The van der Waals surface area contributed by atoms with Crippen LogP contribution in [0.2, 0.25) is 0 Å². The van der Waals surface area contributed by atoms with E-state index in [0.717, 1.165) is 33.4 Å². The summed E-state index contributed by atoms with van der Waals surface area (Å²) in [7, 11) is 0. The molecule has 0 aromatic carbocycles. The minimum absolute atomic E-state index is 0.537. The molecule has 2 aromatic rings. The molecule has 0 aliphatic rings. The molecule has 0 spiro atoms. The second-order valence-electron chi connectivity index (χ2n) is 4.74. The number of thiazole rings is 1. The number of carbonyl (C=O) groups is 1. The monoisotopic (exact) mass is 314 g/mol. The van der Waals surface area contributed by atoms with Crippen LogP contribution in [0.1, 0.15) is 39.8 Å². The lowest BCUT2D eigenvalue weighted by Crippen LogP contribution is -2.18. The third-order valence-corrected chi connectivity index (χ3v) is 4.05. The fourth-order valence-corrected chi connectivity index (χ4v) is 2.92. The fraction of sp³-hybridized carbons (Fsp3) is 0.250. The molecule has 0 saturated heterocycles. The number of aryl methyl sites for hydroxylation is 2. The maximum absolute atomic E-state index is 10.6. The number of pyridine rings is 1. The van der Waals surface area contributed by atoms with Crippen LogP contribution < -0.4 is 5.32 Å². The van der Waals surface area contributed by atoms with Crippen LogP contribution in [-0.4, -0.2) is 22.1 Å². The van der Waals surface area contributed by atoms with Gasteiger partial charge in [0.2, 0.25) is 0 Å². The Hall–Kier alpha value is -2.34. The van der Waals surface area contributed by atoms with E-state index in [1.807, 2.05) is 33.8 Å². The van der Waals surface area contributed by atoms with Crippen LogP contribution in [0.3, 0.4) is 0 Å². The second kappa shape index (κ2) is 7.09. The quantitative estimate of drug-likeness (QED) is 0.531. The molecule has 5 nitrogen and oxygen atoms in total. The van der Waals surface area contributed by atoms with Gasteiger partial charge < -0.3 is 5.32 Å². The fourth-order valence-electron chi connectivity index (χ4n) is 1.97. The molecular weight excluding hydrogens is 296 g/mol. The largest absolute Gasteiger partial charge is 0.343 e. The molecule has 22 heavy (non-hydrogen) atoms. The molecule has 114 valence electrons. The van der Waals surface area contributed by atoms with E-state index < -0.39 is 0 Å². The van der Waals surface area contributed by atoms with Gasteiger partial charge in [0.1, 0.15) is 5.84 Å². The first kappa shape index (κ1) is 16.0. The minimum atomic E-state index is 0.537. The smallest absolute Gasteiger partial charge is 0.153 e. The third kappa shape index (κ3) is 3.85. The number of hydrogen-bond acceptors (Lipinski definition) is 5. The number of carbonyl (C=O) groups excluding carboxylic acids is 1. The van der Waals surface area contributed by atoms with Crippen LogP contribution >= 0.6 is 11.3 Å². The Morgan fingerprint density at radius 3 is 2.64 bits per heavy atom. The number of rotatable bonds is 4. The highest BCUT2D eigenvalue weighted by Crippen LogP contribution is 2.24. The molecule has 2 heterocycles. The van der Waals surface area contributed by atoms with Gasteiger partial charge in [-0.2, -0.15) is 0 Å². The predicted molar refractivity (Wildman–Crippen MR) is 90.8 cm³/mol. The Morgan fingerprint density at radius 1 is 1.36 bits per heavy atom. The highest BCUT2D eigenvalue weighted by molar-refractivity contribution is 7.12. The zero-order chi connectivity index (χ0) is 16.1. The maximum atomic E-state index is 10.6. The third-order valence-electron chi connectivity index (χ3n) is 2.94. The first-order valence-corrected chi connectivity index (χ1v) is 7.69. The number of nitrogens with zero attached hydrogens (tertiary/aromatic N) is 3. The van der Waals surface area contributed by atoms with Crippen molar-refractivity contribution in [1.29, 1.82) is 0 Å². The Bertz CT molecular complexity index is 729. The van der Waals surface area contributed by atoms with Gasteiger partial charge in [0.15, 0.2) is 12.1 Å². The summed E-state index contributed by atoms with van der Waals surface area (Å²) in [6, 6.07) is 3.41.